The third-order valence-electron chi connectivity index (χ3n) is 5.68. The highest BCUT2D eigenvalue weighted by Crippen LogP contribution is 2.29. The van der Waals surface area contributed by atoms with Gasteiger partial charge in [-0.2, -0.15) is 5.26 Å². The Bertz CT molecular complexity index is 1130. The Morgan fingerprint density at radius 2 is 1.94 bits per heavy atom. The van der Waals surface area contributed by atoms with Crippen LogP contribution in [0.2, 0.25) is 0 Å². The molecule has 0 radical (unpaired) electrons. The van der Waals surface area contributed by atoms with Gasteiger partial charge in [0.2, 0.25) is 0 Å². The molecule has 3 aromatic rings. The van der Waals surface area contributed by atoms with Crippen molar-refractivity contribution >= 4 is 22.8 Å². The summed E-state index contributed by atoms with van der Waals surface area (Å²) in [7, 11) is 1.89. The molecule has 0 spiro atoms. The highest BCUT2D eigenvalue weighted by molar-refractivity contribution is 6.09. The van der Waals surface area contributed by atoms with Gasteiger partial charge in [-0.1, -0.05) is 19.8 Å². The topological polar surface area (TPSA) is 122 Å². The van der Waals surface area contributed by atoms with E-state index in [0.717, 1.165) is 43.6 Å². The molecular weight excluding hydrogens is 408 g/mol. The standard InChI is InChI=1S/C24H28N4O4/c1-16(10-22(30)31)9-21(29)23-19-11-17(12-25)13-27-24(19)28(2)20(23)8-6-4-3-5-7-18-14-26-15-32-18/h11,13-16H,3-10H2,1-2H3,(H,30,31)/t16-/m0/s1. The number of hydrogen-bond acceptors (Lipinski definition) is 6. The van der Waals surface area contributed by atoms with Gasteiger partial charge in [-0.3, -0.25) is 9.59 Å². The molecule has 0 aromatic carbocycles. The third kappa shape index (κ3) is 5.61. The number of nitriles is 1. The van der Waals surface area contributed by atoms with Crippen LogP contribution in [0.1, 0.15) is 72.8 Å². The van der Waals surface area contributed by atoms with Crippen LogP contribution in [0.15, 0.2) is 29.3 Å². The van der Waals surface area contributed by atoms with Gasteiger partial charge in [0, 0.05) is 49.2 Å². The first-order valence-corrected chi connectivity index (χ1v) is 10.9. The lowest BCUT2D eigenvalue weighted by atomic mass is 9.94. The van der Waals surface area contributed by atoms with E-state index < -0.39 is 5.97 Å². The summed E-state index contributed by atoms with van der Waals surface area (Å²) >= 11 is 0. The molecule has 1 atom stereocenters. The zero-order valence-electron chi connectivity index (χ0n) is 18.5. The van der Waals surface area contributed by atoms with Gasteiger partial charge in [0.05, 0.1) is 11.8 Å². The summed E-state index contributed by atoms with van der Waals surface area (Å²) in [6, 6.07) is 3.79. The minimum absolute atomic E-state index is 0.0568. The summed E-state index contributed by atoms with van der Waals surface area (Å²) in [4.78, 5) is 32.6. The number of unbranched alkanes of at least 4 members (excludes halogenated alkanes) is 3. The van der Waals surface area contributed by atoms with E-state index in [4.69, 9.17) is 9.52 Å². The van der Waals surface area contributed by atoms with Crippen molar-refractivity contribution in [3.05, 3.63) is 47.4 Å². The van der Waals surface area contributed by atoms with Crippen LogP contribution in [0.5, 0.6) is 0 Å². The fraction of sp³-hybridized carbons (Fsp3) is 0.458. The molecule has 0 bridgehead atoms. The Kier molecular flexibility index (Phi) is 7.77. The second-order valence-corrected chi connectivity index (χ2v) is 8.30. The largest absolute Gasteiger partial charge is 0.481 e. The number of aliphatic carboxylic acids is 1. The number of carboxylic acid groups (broad SMARTS) is 1. The van der Waals surface area contributed by atoms with E-state index in [0.29, 0.717) is 28.6 Å². The van der Waals surface area contributed by atoms with E-state index in [2.05, 4.69) is 16.0 Å². The molecule has 0 saturated heterocycles. The molecule has 0 fully saturated rings. The van der Waals surface area contributed by atoms with E-state index in [1.807, 2.05) is 11.6 Å². The van der Waals surface area contributed by atoms with Crippen molar-refractivity contribution in [2.45, 2.75) is 58.3 Å². The number of carboxylic acids is 1. The van der Waals surface area contributed by atoms with Crippen molar-refractivity contribution in [2.75, 3.05) is 0 Å². The van der Waals surface area contributed by atoms with E-state index in [-0.39, 0.29) is 24.5 Å². The maximum absolute atomic E-state index is 13.2. The number of aryl methyl sites for hydroxylation is 2. The van der Waals surface area contributed by atoms with Gasteiger partial charge in [-0.25, -0.2) is 9.97 Å². The van der Waals surface area contributed by atoms with Gasteiger partial charge in [-0.05, 0) is 31.2 Å². The smallest absolute Gasteiger partial charge is 0.303 e. The Hall–Kier alpha value is -3.47. The molecule has 32 heavy (non-hydrogen) atoms. The maximum Gasteiger partial charge on any atom is 0.303 e. The number of fused-ring (bicyclic) bond motifs is 1. The number of aromatic nitrogens is 3. The van der Waals surface area contributed by atoms with Crippen LogP contribution in [0, 0.1) is 17.2 Å². The van der Waals surface area contributed by atoms with Crippen molar-refractivity contribution in [2.24, 2.45) is 13.0 Å². The minimum atomic E-state index is -0.915. The molecule has 0 amide bonds. The molecule has 3 heterocycles. The first-order valence-electron chi connectivity index (χ1n) is 10.9. The zero-order valence-corrected chi connectivity index (χ0v) is 18.5. The van der Waals surface area contributed by atoms with Gasteiger partial charge in [0.15, 0.2) is 12.2 Å². The normalized spacial score (nSPS) is 12.0. The molecule has 3 rings (SSSR count). The monoisotopic (exact) mass is 436 g/mol. The lowest BCUT2D eigenvalue weighted by molar-refractivity contribution is -0.137. The van der Waals surface area contributed by atoms with Crippen LogP contribution in [-0.4, -0.2) is 31.4 Å². The van der Waals surface area contributed by atoms with Crippen molar-refractivity contribution in [1.29, 1.82) is 5.26 Å². The van der Waals surface area contributed by atoms with Gasteiger partial charge in [0.25, 0.3) is 0 Å². The Morgan fingerprint density at radius 1 is 1.19 bits per heavy atom. The maximum atomic E-state index is 13.2. The van der Waals surface area contributed by atoms with Crippen LogP contribution in [0.3, 0.4) is 0 Å². The van der Waals surface area contributed by atoms with Gasteiger partial charge >= 0.3 is 5.97 Å². The van der Waals surface area contributed by atoms with Crippen molar-refractivity contribution < 1.29 is 19.1 Å². The van der Waals surface area contributed by atoms with E-state index in [9.17, 15) is 14.9 Å². The van der Waals surface area contributed by atoms with Crippen molar-refractivity contribution in [3.63, 3.8) is 0 Å². The fourth-order valence-corrected chi connectivity index (χ4v) is 4.12. The lowest BCUT2D eigenvalue weighted by Gasteiger charge is -2.10. The number of nitrogens with zero attached hydrogens (tertiary/aromatic N) is 4. The molecule has 8 heteroatoms. The molecule has 0 saturated carbocycles. The second kappa shape index (κ2) is 10.7. The summed E-state index contributed by atoms with van der Waals surface area (Å²) in [5, 5.41) is 19.0. The van der Waals surface area contributed by atoms with Crippen LogP contribution in [0.25, 0.3) is 11.0 Å². The Morgan fingerprint density at radius 3 is 2.59 bits per heavy atom. The van der Waals surface area contributed by atoms with Crippen molar-refractivity contribution in [1.82, 2.24) is 14.5 Å². The number of rotatable bonds is 12. The number of ketones is 1. The number of carbonyl (C=O) groups excluding carboxylic acids is 1. The molecule has 3 aromatic heterocycles. The van der Waals surface area contributed by atoms with E-state index in [1.165, 1.54) is 12.6 Å². The molecule has 168 valence electrons. The Labute approximate surface area is 186 Å². The van der Waals surface area contributed by atoms with Gasteiger partial charge < -0.3 is 14.1 Å². The van der Waals surface area contributed by atoms with Gasteiger partial charge in [0.1, 0.15) is 17.5 Å². The Balaban J connectivity index is 1.75. The fourth-order valence-electron chi connectivity index (χ4n) is 4.12. The quantitative estimate of drug-likeness (QED) is 0.328. The van der Waals surface area contributed by atoms with Crippen LogP contribution in [0.4, 0.5) is 0 Å². The molecule has 0 unspecified atom stereocenters. The molecule has 0 aliphatic carbocycles. The number of Topliss-reactive ketones (excluding diaryl/α,β-unsaturated/α-hetero) is 1. The molecule has 1 N–H and O–H groups in total. The average Bonchev–Trinajstić information content (AvgIpc) is 3.36. The average molecular weight is 437 g/mol. The molecule has 0 aliphatic rings. The number of pyridine rings is 1. The molecule has 0 aliphatic heterocycles. The highest BCUT2D eigenvalue weighted by Gasteiger charge is 2.24. The first-order chi connectivity index (χ1) is 15.4. The lowest BCUT2D eigenvalue weighted by Crippen LogP contribution is -2.12. The second-order valence-electron chi connectivity index (χ2n) is 8.30. The SMILES string of the molecule is C[C@H](CC(=O)O)CC(=O)c1c(CCCCCCc2cnco2)n(C)c2ncc(C#N)cc12. The summed E-state index contributed by atoms with van der Waals surface area (Å²) in [5.41, 5.74) is 2.53. The summed E-state index contributed by atoms with van der Waals surface area (Å²) in [6.45, 7) is 1.77. The first kappa shape index (κ1) is 23.2. The summed E-state index contributed by atoms with van der Waals surface area (Å²) < 4.78 is 7.19. The predicted molar refractivity (Wildman–Crippen MR) is 118 cm³/mol. The minimum Gasteiger partial charge on any atom is -0.481 e. The van der Waals surface area contributed by atoms with E-state index >= 15 is 0 Å². The predicted octanol–water partition coefficient (Wildman–Crippen LogP) is 4.46. The summed E-state index contributed by atoms with van der Waals surface area (Å²) in [5.74, 6) is -0.392. The summed E-state index contributed by atoms with van der Waals surface area (Å²) in [6.07, 6.45) is 10.3. The van der Waals surface area contributed by atoms with Crippen LogP contribution in [-0.2, 0) is 24.7 Å². The third-order valence-corrected chi connectivity index (χ3v) is 5.68. The number of oxazole rings is 1. The zero-order chi connectivity index (χ0) is 23.1. The number of hydrogen-bond donors (Lipinski definition) is 1. The number of carbonyl (C=O) groups is 2. The van der Waals surface area contributed by atoms with E-state index in [1.54, 1.807) is 19.2 Å². The highest BCUT2D eigenvalue weighted by atomic mass is 16.4. The van der Waals surface area contributed by atoms with Gasteiger partial charge in [-0.15, -0.1) is 0 Å². The molecular formula is C24H28N4O4. The van der Waals surface area contributed by atoms with Crippen molar-refractivity contribution in [3.8, 4) is 6.07 Å². The molecule has 8 nitrogen and oxygen atoms in total. The van der Waals surface area contributed by atoms with Crippen LogP contribution < -0.4 is 0 Å². The van der Waals surface area contributed by atoms with Crippen LogP contribution >= 0.6 is 0 Å².